The van der Waals surface area contributed by atoms with E-state index in [9.17, 15) is 16.8 Å². The van der Waals surface area contributed by atoms with E-state index in [1.807, 2.05) is 0 Å². The summed E-state index contributed by atoms with van der Waals surface area (Å²) in [6, 6.07) is 2.73. The first-order valence-electron chi connectivity index (χ1n) is 6.63. The predicted octanol–water partition coefficient (Wildman–Crippen LogP) is 0.693. The number of nitrogens with zero attached hydrogens (tertiary/aromatic N) is 1. The highest BCUT2D eigenvalue weighted by molar-refractivity contribution is 7.92. The summed E-state index contributed by atoms with van der Waals surface area (Å²) in [5.74, 6) is -0.288. The van der Waals surface area contributed by atoms with Crippen LogP contribution in [0.5, 0.6) is 0 Å². The van der Waals surface area contributed by atoms with Crippen LogP contribution in [0.3, 0.4) is 0 Å². The van der Waals surface area contributed by atoms with E-state index in [1.165, 1.54) is 4.31 Å². The van der Waals surface area contributed by atoms with Gasteiger partial charge in [0.05, 0.1) is 16.4 Å². The van der Waals surface area contributed by atoms with E-state index in [-0.39, 0.29) is 22.9 Å². The van der Waals surface area contributed by atoms with Crippen LogP contribution in [-0.4, -0.2) is 45.2 Å². The van der Waals surface area contributed by atoms with Crippen LogP contribution < -0.4 is 5.73 Å². The molecule has 0 aliphatic carbocycles. The second-order valence-electron chi connectivity index (χ2n) is 5.56. The maximum absolute atomic E-state index is 12.8. The third-order valence-corrected chi connectivity index (χ3v) is 7.68. The van der Waals surface area contributed by atoms with Gasteiger partial charge in [-0.25, -0.2) is 16.8 Å². The van der Waals surface area contributed by atoms with Gasteiger partial charge in [-0.1, -0.05) is 0 Å². The van der Waals surface area contributed by atoms with Crippen LogP contribution in [-0.2, 0) is 19.9 Å². The van der Waals surface area contributed by atoms with Crippen molar-refractivity contribution >= 4 is 25.5 Å². The van der Waals surface area contributed by atoms with E-state index in [0.717, 1.165) is 5.56 Å². The lowest BCUT2D eigenvalue weighted by Crippen LogP contribution is -2.49. The van der Waals surface area contributed by atoms with Crippen LogP contribution in [0.1, 0.15) is 18.1 Å². The van der Waals surface area contributed by atoms with Crippen LogP contribution in [0, 0.1) is 13.8 Å². The molecule has 0 aromatic heterocycles. The summed E-state index contributed by atoms with van der Waals surface area (Å²) in [6.07, 6.45) is 0. The highest BCUT2D eigenvalue weighted by Crippen LogP contribution is 2.28. The number of nitrogens with two attached hydrogens (primary N) is 1. The average molecular weight is 332 g/mol. The average Bonchev–Trinajstić information content (AvgIpc) is 2.31. The Labute approximate surface area is 125 Å². The number of anilines is 1. The molecule has 1 aliphatic heterocycles. The van der Waals surface area contributed by atoms with Gasteiger partial charge in [0.25, 0.3) is 0 Å². The van der Waals surface area contributed by atoms with Crippen molar-refractivity contribution in [1.82, 2.24) is 4.31 Å². The second kappa shape index (κ2) is 5.26. The van der Waals surface area contributed by atoms with Gasteiger partial charge in [-0.2, -0.15) is 4.31 Å². The molecule has 2 N–H and O–H groups in total. The SMILES string of the molecule is Cc1cc(N)c(C)c(S(=O)(=O)N2CCS(=O)(=O)CC2C)c1. The van der Waals surface area contributed by atoms with Gasteiger partial charge < -0.3 is 5.73 Å². The molecule has 0 saturated carbocycles. The van der Waals surface area contributed by atoms with E-state index < -0.39 is 25.9 Å². The molecule has 1 aliphatic rings. The largest absolute Gasteiger partial charge is 0.398 e. The molecule has 2 rings (SSSR count). The summed E-state index contributed by atoms with van der Waals surface area (Å²) in [5.41, 5.74) is 7.53. The molecule has 1 fully saturated rings. The molecule has 6 nitrogen and oxygen atoms in total. The minimum absolute atomic E-state index is 0.0148. The number of aryl methyl sites for hydroxylation is 1. The Morgan fingerprint density at radius 1 is 1.29 bits per heavy atom. The first-order chi connectivity index (χ1) is 9.54. The zero-order valence-electron chi connectivity index (χ0n) is 12.3. The highest BCUT2D eigenvalue weighted by atomic mass is 32.2. The number of nitrogen functional groups attached to an aromatic ring is 1. The minimum Gasteiger partial charge on any atom is -0.398 e. The van der Waals surface area contributed by atoms with Gasteiger partial charge in [0.2, 0.25) is 10.0 Å². The molecule has 1 aromatic rings. The summed E-state index contributed by atoms with van der Waals surface area (Å²) >= 11 is 0. The maximum atomic E-state index is 12.8. The van der Waals surface area contributed by atoms with Crippen molar-refractivity contribution in [3.63, 3.8) is 0 Å². The van der Waals surface area contributed by atoms with E-state index in [2.05, 4.69) is 0 Å². The lowest BCUT2D eigenvalue weighted by atomic mass is 10.1. The Morgan fingerprint density at radius 2 is 1.90 bits per heavy atom. The number of benzene rings is 1. The van der Waals surface area contributed by atoms with Crippen molar-refractivity contribution in [1.29, 1.82) is 0 Å². The van der Waals surface area contributed by atoms with E-state index >= 15 is 0 Å². The monoisotopic (exact) mass is 332 g/mol. The summed E-state index contributed by atoms with van der Waals surface area (Å²) in [7, 11) is -6.91. The van der Waals surface area contributed by atoms with Crippen LogP contribution in [0.15, 0.2) is 17.0 Å². The Bertz CT molecular complexity index is 770. The molecule has 1 aromatic carbocycles. The van der Waals surface area contributed by atoms with Crippen LogP contribution in [0.25, 0.3) is 0 Å². The lowest BCUT2D eigenvalue weighted by molar-refractivity contribution is 0.356. The Balaban J connectivity index is 2.49. The van der Waals surface area contributed by atoms with E-state index in [4.69, 9.17) is 5.73 Å². The molecule has 0 bridgehead atoms. The fourth-order valence-corrected chi connectivity index (χ4v) is 6.33. The van der Waals surface area contributed by atoms with Crippen LogP contribution in [0.2, 0.25) is 0 Å². The molecule has 118 valence electrons. The highest BCUT2D eigenvalue weighted by Gasteiger charge is 2.37. The topological polar surface area (TPSA) is 97.5 Å². The number of rotatable bonds is 2. The summed E-state index contributed by atoms with van der Waals surface area (Å²) in [6.45, 7) is 5.04. The van der Waals surface area contributed by atoms with Gasteiger partial charge in [0.15, 0.2) is 9.84 Å². The van der Waals surface area contributed by atoms with Crippen molar-refractivity contribution in [2.75, 3.05) is 23.8 Å². The molecule has 21 heavy (non-hydrogen) atoms. The molecular formula is C13H20N2O4S2. The first-order valence-corrected chi connectivity index (χ1v) is 9.90. The first kappa shape index (κ1) is 16.3. The molecule has 1 heterocycles. The Kier molecular flexibility index (Phi) is 4.07. The van der Waals surface area contributed by atoms with Crippen molar-refractivity contribution in [3.05, 3.63) is 23.3 Å². The molecule has 1 unspecified atom stereocenters. The van der Waals surface area contributed by atoms with Crippen LogP contribution >= 0.6 is 0 Å². The third kappa shape index (κ3) is 3.07. The fraction of sp³-hybridized carbons (Fsp3) is 0.538. The maximum Gasteiger partial charge on any atom is 0.243 e. The number of hydrogen-bond donors (Lipinski definition) is 1. The molecule has 8 heteroatoms. The summed E-state index contributed by atoms with van der Waals surface area (Å²) in [4.78, 5) is 0.158. The van der Waals surface area contributed by atoms with Gasteiger partial charge in [-0.3, -0.25) is 0 Å². The second-order valence-corrected chi connectivity index (χ2v) is 9.64. The molecule has 0 amide bonds. The number of sulfone groups is 1. The van der Waals surface area contributed by atoms with Gasteiger partial charge in [0, 0.05) is 18.3 Å². The van der Waals surface area contributed by atoms with Crippen molar-refractivity contribution in [3.8, 4) is 0 Å². The van der Waals surface area contributed by atoms with Crippen LogP contribution in [0.4, 0.5) is 5.69 Å². The van der Waals surface area contributed by atoms with Crippen molar-refractivity contribution in [2.24, 2.45) is 0 Å². The Hall–Kier alpha value is -1.12. The van der Waals surface area contributed by atoms with Crippen molar-refractivity contribution < 1.29 is 16.8 Å². The fourth-order valence-electron chi connectivity index (χ4n) is 2.59. The molecular weight excluding hydrogens is 312 g/mol. The smallest absolute Gasteiger partial charge is 0.243 e. The summed E-state index contributed by atoms with van der Waals surface area (Å²) < 4.78 is 50.1. The van der Waals surface area contributed by atoms with E-state index in [1.54, 1.807) is 32.9 Å². The molecule has 1 atom stereocenters. The third-order valence-electron chi connectivity index (χ3n) is 3.74. The van der Waals surface area contributed by atoms with Gasteiger partial charge in [0.1, 0.15) is 0 Å². The number of hydrogen-bond acceptors (Lipinski definition) is 5. The minimum atomic E-state index is -3.75. The molecule has 0 radical (unpaired) electrons. The quantitative estimate of drug-likeness (QED) is 0.804. The zero-order chi connectivity index (χ0) is 16.0. The number of sulfonamides is 1. The standard InChI is InChI=1S/C13H20N2O4S2/c1-9-6-12(14)11(3)13(7-9)21(18,19)15-4-5-20(16,17)8-10(15)2/h6-7,10H,4-5,8,14H2,1-3H3. The lowest BCUT2D eigenvalue weighted by Gasteiger charge is -2.32. The normalized spacial score (nSPS) is 23.1. The van der Waals surface area contributed by atoms with Crippen molar-refractivity contribution in [2.45, 2.75) is 31.7 Å². The van der Waals surface area contributed by atoms with Gasteiger partial charge >= 0.3 is 0 Å². The van der Waals surface area contributed by atoms with Gasteiger partial charge in [-0.15, -0.1) is 0 Å². The summed E-state index contributed by atoms with van der Waals surface area (Å²) in [5, 5.41) is 0. The zero-order valence-corrected chi connectivity index (χ0v) is 14.0. The van der Waals surface area contributed by atoms with E-state index in [0.29, 0.717) is 11.3 Å². The Morgan fingerprint density at radius 3 is 2.48 bits per heavy atom. The molecule has 0 spiro atoms. The predicted molar refractivity (Wildman–Crippen MR) is 82.3 cm³/mol. The molecule has 1 saturated heterocycles. The van der Waals surface area contributed by atoms with Gasteiger partial charge in [-0.05, 0) is 44.0 Å².